The Bertz CT molecular complexity index is 329. The van der Waals surface area contributed by atoms with E-state index in [0.29, 0.717) is 3.57 Å². The van der Waals surface area contributed by atoms with Crippen LogP contribution in [0.1, 0.15) is 0 Å². The molecule has 0 fully saturated rings. The summed E-state index contributed by atoms with van der Waals surface area (Å²) >= 11 is -1.22. The number of nitro groups is 2. The zero-order valence-electron chi connectivity index (χ0n) is 6.87. The van der Waals surface area contributed by atoms with Crippen molar-refractivity contribution in [3.63, 3.8) is 0 Å². The van der Waals surface area contributed by atoms with Crippen LogP contribution in [0.15, 0.2) is 30.3 Å². The number of hydrogen-bond donors (Lipinski definition) is 0. The Kier molecular flexibility index (Phi) is 3.74. The molecule has 0 saturated heterocycles. The van der Waals surface area contributed by atoms with Crippen LogP contribution in [0.3, 0.4) is 0 Å². The summed E-state index contributed by atoms with van der Waals surface area (Å²) in [5.74, 6) is 0. The first-order valence-corrected chi connectivity index (χ1v) is 5.89. The fourth-order valence-electron chi connectivity index (χ4n) is 0.757. The van der Waals surface area contributed by atoms with Gasteiger partial charge in [0.15, 0.2) is 0 Å². The van der Waals surface area contributed by atoms with Crippen molar-refractivity contribution in [2.75, 3.05) is 0 Å². The topological polar surface area (TPSA) is 86.3 Å². The first-order valence-electron chi connectivity index (χ1n) is 3.56. The third-order valence-electron chi connectivity index (χ3n) is 1.30. The van der Waals surface area contributed by atoms with Crippen LogP contribution in [0.4, 0.5) is 0 Å². The first-order chi connectivity index (χ1) is 6.61. The molecule has 0 atom stereocenters. The highest BCUT2D eigenvalue weighted by molar-refractivity contribution is 4.98. The highest BCUT2D eigenvalue weighted by atomic mass is 127. The van der Waals surface area contributed by atoms with E-state index in [1.54, 1.807) is 30.3 Å². The van der Waals surface area contributed by atoms with Crippen LogP contribution in [-0.2, 0) is 0 Å². The Hall–Kier alpha value is -1.25. The van der Waals surface area contributed by atoms with E-state index in [2.05, 4.69) is 0 Å². The van der Waals surface area contributed by atoms with Crippen LogP contribution in [0.25, 0.3) is 0 Å². The lowest BCUT2D eigenvalue weighted by Crippen LogP contribution is -3.66. The number of hydrogen-bond acceptors (Lipinski definition) is 4. The lowest BCUT2D eigenvalue weighted by Gasteiger charge is -1.88. The lowest BCUT2D eigenvalue weighted by atomic mass is 10.4. The molecule has 0 aliphatic heterocycles. The first kappa shape index (κ1) is 10.8. The maximum absolute atomic E-state index is 10.3. The fraction of sp³-hybridized carbons (Fsp3) is 0.143. The summed E-state index contributed by atoms with van der Waals surface area (Å²) in [5.41, 5.74) is 0. The van der Waals surface area contributed by atoms with Gasteiger partial charge in [0.2, 0.25) is 3.57 Å². The Balaban J connectivity index is 2.75. The standard InChI is InChI=1S/C7H6IN2O4/c11-9(12)7(10(13)14)8-6-4-2-1-3-5-6/h1-5,7H/q+1. The van der Waals surface area contributed by atoms with Crippen molar-refractivity contribution >= 4 is 0 Å². The van der Waals surface area contributed by atoms with Gasteiger partial charge >= 0.3 is 25.4 Å². The minimum Gasteiger partial charge on any atom is -0.255 e. The van der Waals surface area contributed by atoms with Crippen LogP contribution < -0.4 is 21.2 Å². The number of halogens is 1. The van der Waals surface area contributed by atoms with Crippen molar-refractivity contribution in [2.24, 2.45) is 0 Å². The average molecular weight is 309 g/mol. The summed E-state index contributed by atoms with van der Waals surface area (Å²) in [5, 5.41) is 20.7. The van der Waals surface area contributed by atoms with Crippen LogP contribution in [0.2, 0.25) is 0 Å². The van der Waals surface area contributed by atoms with Crippen LogP contribution in [0, 0.1) is 23.8 Å². The molecule has 6 nitrogen and oxygen atoms in total. The van der Waals surface area contributed by atoms with Crippen LogP contribution in [0.5, 0.6) is 0 Å². The molecule has 0 heterocycles. The molecule has 0 radical (unpaired) electrons. The summed E-state index contributed by atoms with van der Waals surface area (Å²) in [6.07, 6.45) is 0. The molecule has 14 heavy (non-hydrogen) atoms. The van der Waals surface area contributed by atoms with Gasteiger partial charge in [-0.1, -0.05) is 18.2 Å². The van der Waals surface area contributed by atoms with Gasteiger partial charge in [0.25, 0.3) is 0 Å². The van der Waals surface area contributed by atoms with Gasteiger partial charge in [0, 0.05) is 0 Å². The molecule has 0 aliphatic rings. The Labute approximate surface area is 89.5 Å². The van der Waals surface area contributed by atoms with Crippen molar-refractivity contribution < 1.29 is 31.1 Å². The zero-order chi connectivity index (χ0) is 10.6. The molecule has 0 amide bonds. The number of rotatable bonds is 4. The predicted octanol–water partition coefficient (Wildman–Crippen LogP) is -2.22. The molecule has 0 bridgehead atoms. The van der Waals surface area contributed by atoms with E-state index in [9.17, 15) is 20.2 Å². The smallest absolute Gasteiger partial charge is 0.255 e. The van der Waals surface area contributed by atoms with Gasteiger partial charge in [-0.15, -0.1) is 0 Å². The summed E-state index contributed by atoms with van der Waals surface area (Å²) in [6, 6.07) is 8.54. The second-order valence-electron chi connectivity index (χ2n) is 2.29. The molecular formula is C7H6IN2O4+. The van der Waals surface area contributed by atoms with Crippen molar-refractivity contribution in [3.05, 3.63) is 54.1 Å². The minimum atomic E-state index is -1.64. The molecule has 7 heteroatoms. The maximum atomic E-state index is 10.3. The predicted molar refractivity (Wildman–Crippen MR) is 42.9 cm³/mol. The second kappa shape index (κ2) is 4.84. The van der Waals surface area contributed by atoms with E-state index >= 15 is 0 Å². The molecule has 0 saturated carbocycles. The molecular weight excluding hydrogens is 303 g/mol. The fourth-order valence-corrected chi connectivity index (χ4v) is 2.69. The van der Waals surface area contributed by atoms with E-state index in [1.165, 1.54) is 0 Å². The highest BCUT2D eigenvalue weighted by Gasteiger charge is 2.48. The van der Waals surface area contributed by atoms with Gasteiger partial charge < -0.3 is 0 Å². The van der Waals surface area contributed by atoms with Gasteiger partial charge in [-0.2, -0.15) is 0 Å². The Morgan fingerprint density at radius 2 is 1.57 bits per heavy atom. The SMILES string of the molecule is O=[N+]([O-])C([I+]c1ccccc1)[N+](=O)[O-]. The third kappa shape index (κ3) is 2.91. The quantitative estimate of drug-likeness (QED) is 0.157. The summed E-state index contributed by atoms with van der Waals surface area (Å²) in [6.45, 7) is 0. The number of alkyl halides is 1. The normalized spacial score (nSPS) is 10.1. The van der Waals surface area contributed by atoms with Crippen LogP contribution >= 0.6 is 0 Å². The van der Waals surface area contributed by atoms with Gasteiger partial charge in [0.1, 0.15) is 9.85 Å². The molecule has 1 aromatic rings. The number of benzene rings is 1. The third-order valence-corrected chi connectivity index (χ3v) is 4.21. The molecule has 1 rings (SSSR count). The highest BCUT2D eigenvalue weighted by Crippen LogP contribution is 1.83. The summed E-state index contributed by atoms with van der Waals surface area (Å²) in [4.78, 5) is 19.0. The lowest BCUT2D eigenvalue weighted by molar-refractivity contribution is -0.966. The van der Waals surface area contributed by atoms with Crippen LogP contribution in [-0.4, -0.2) is 14.0 Å². The monoisotopic (exact) mass is 309 g/mol. The molecule has 74 valence electrons. The average Bonchev–Trinajstić information content (AvgIpc) is 2.15. The van der Waals surface area contributed by atoms with E-state index in [-0.39, 0.29) is 0 Å². The molecule has 0 aliphatic carbocycles. The van der Waals surface area contributed by atoms with E-state index < -0.39 is 35.2 Å². The Morgan fingerprint density at radius 3 is 2.00 bits per heavy atom. The zero-order valence-corrected chi connectivity index (χ0v) is 9.03. The maximum Gasteiger partial charge on any atom is 0.627 e. The molecule has 0 N–H and O–H groups in total. The minimum absolute atomic E-state index is 0.699. The summed E-state index contributed by atoms with van der Waals surface area (Å²) in [7, 11) is 0. The molecule has 0 unspecified atom stereocenters. The van der Waals surface area contributed by atoms with E-state index in [4.69, 9.17) is 0 Å². The van der Waals surface area contributed by atoms with E-state index in [1.807, 2.05) is 0 Å². The van der Waals surface area contributed by atoms with E-state index in [0.717, 1.165) is 0 Å². The second-order valence-corrected chi connectivity index (χ2v) is 5.27. The number of nitrogens with zero attached hydrogens (tertiary/aromatic N) is 2. The molecule has 0 spiro atoms. The van der Waals surface area contributed by atoms with Crippen molar-refractivity contribution in [2.45, 2.75) is 4.17 Å². The van der Waals surface area contributed by atoms with Crippen molar-refractivity contribution in [3.8, 4) is 0 Å². The van der Waals surface area contributed by atoms with Gasteiger partial charge in [0.05, 0.1) is 0 Å². The van der Waals surface area contributed by atoms with Gasteiger partial charge in [-0.25, -0.2) is 0 Å². The van der Waals surface area contributed by atoms with Gasteiger partial charge in [-0.05, 0) is 12.1 Å². The Morgan fingerprint density at radius 1 is 1.07 bits per heavy atom. The largest absolute Gasteiger partial charge is 0.627 e. The molecule has 1 aromatic carbocycles. The van der Waals surface area contributed by atoms with Gasteiger partial charge in [-0.3, -0.25) is 20.2 Å². The van der Waals surface area contributed by atoms with Crippen molar-refractivity contribution in [1.29, 1.82) is 0 Å². The molecule has 0 aromatic heterocycles. The van der Waals surface area contributed by atoms with Crippen molar-refractivity contribution in [1.82, 2.24) is 0 Å². The summed E-state index contributed by atoms with van der Waals surface area (Å²) < 4.78 is -0.944.